The van der Waals surface area contributed by atoms with Crippen LogP contribution in [0.1, 0.15) is 335 Å². The van der Waals surface area contributed by atoms with Crippen molar-refractivity contribution in [3.63, 3.8) is 0 Å². The number of hydrogen-bond acceptors (Lipinski definition) is 5. The number of carbonyl (C=O) groups is 2. The molecule has 0 aromatic carbocycles. The first kappa shape index (κ1) is 67.9. The maximum atomic E-state index is 12.3. The van der Waals surface area contributed by atoms with Crippen LogP contribution in [0.25, 0.3) is 0 Å². The monoisotopic (exact) mass is 981 g/mol. The molecule has 0 heterocycles. The van der Waals surface area contributed by atoms with E-state index in [9.17, 15) is 14.7 Å². The zero-order chi connectivity index (χ0) is 50.6. The molecule has 0 aliphatic carbocycles. The van der Waals surface area contributed by atoms with E-state index in [2.05, 4.69) is 62.5 Å². The molecule has 70 heavy (non-hydrogen) atoms. The third-order valence-corrected chi connectivity index (χ3v) is 14.1. The third kappa shape index (κ3) is 58.4. The Kier molecular flexibility index (Phi) is 59.3. The van der Waals surface area contributed by atoms with Crippen LogP contribution in [0.5, 0.6) is 0 Å². The Balaban J connectivity index is 3.41. The van der Waals surface area contributed by atoms with Crippen molar-refractivity contribution in [2.24, 2.45) is 0 Å². The quantitative estimate of drug-likeness (QED) is 0.0373. The molecule has 5 nitrogen and oxygen atoms in total. The Morgan fingerprint density at radius 1 is 0.343 bits per heavy atom. The second kappa shape index (κ2) is 61.2. The van der Waals surface area contributed by atoms with Crippen LogP contribution in [-0.2, 0) is 19.1 Å². The summed E-state index contributed by atoms with van der Waals surface area (Å²) in [5.74, 6) is -0.569. The molecular formula is C65H120O5. The molecule has 0 saturated heterocycles. The summed E-state index contributed by atoms with van der Waals surface area (Å²) >= 11 is 0. The highest BCUT2D eigenvalue weighted by Crippen LogP contribution is 2.18. The molecule has 0 amide bonds. The molecule has 0 fully saturated rings. The molecule has 0 spiro atoms. The average Bonchev–Trinajstić information content (AvgIpc) is 3.36. The lowest BCUT2D eigenvalue weighted by atomic mass is 10.0. The Morgan fingerprint density at radius 2 is 0.614 bits per heavy atom. The molecule has 0 rings (SSSR count). The molecule has 1 atom stereocenters. The molecule has 0 aromatic rings. The van der Waals surface area contributed by atoms with E-state index in [1.807, 2.05) is 0 Å². The summed E-state index contributed by atoms with van der Waals surface area (Å²) in [6.07, 6.45) is 81.2. The summed E-state index contributed by atoms with van der Waals surface area (Å²) < 4.78 is 10.7. The van der Waals surface area contributed by atoms with E-state index in [0.29, 0.717) is 12.8 Å². The van der Waals surface area contributed by atoms with Crippen LogP contribution < -0.4 is 0 Å². The number of aliphatic hydroxyl groups excluding tert-OH is 1. The molecule has 1 unspecified atom stereocenters. The molecule has 0 saturated carbocycles. The van der Waals surface area contributed by atoms with Crippen molar-refractivity contribution in [3.05, 3.63) is 48.6 Å². The number of aliphatic hydroxyl groups is 1. The van der Waals surface area contributed by atoms with Crippen LogP contribution in [0, 0.1) is 0 Å². The zero-order valence-corrected chi connectivity index (χ0v) is 47.0. The van der Waals surface area contributed by atoms with Crippen molar-refractivity contribution in [3.8, 4) is 0 Å². The highest BCUT2D eigenvalue weighted by molar-refractivity contribution is 5.70. The number of allylic oxidation sites excluding steroid dienone is 8. The molecule has 0 radical (unpaired) electrons. The van der Waals surface area contributed by atoms with Crippen molar-refractivity contribution in [1.82, 2.24) is 0 Å². The topological polar surface area (TPSA) is 72.8 Å². The van der Waals surface area contributed by atoms with Gasteiger partial charge in [0, 0.05) is 12.8 Å². The van der Waals surface area contributed by atoms with Gasteiger partial charge in [-0.05, 0) is 51.4 Å². The Labute approximate surface area is 437 Å². The first-order valence-corrected chi connectivity index (χ1v) is 31.2. The SMILES string of the molecule is CC/C=C\C/C=C\C/C=C\C/C=C\CCCCCCCCCCCCCCCCCCCCCCC(=O)OC(CO)COC(=O)CCCCCCCCCCCCCCCCCCCCCCCCC. The number of esters is 2. The summed E-state index contributed by atoms with van der Waals surface area (Å²) in [5.41, 5.74) is 0. The van der Waals surface area contributed by atoms with Gasteiger partial charge in [-0.15, -0.1) is 0 Å². The fourth-order valence-electron chi connectivity index (χ4n) is 9.49. The lowest BCUT2D eigenvalue weighted by Gasteiger charge is -2.15. The summed E-state index contributed by atoms with van der Waals surface area (Å²) in [6.45, 7) is 4.08. The fraction of sp³-hybridized carbons (Fsp3) is 0.846. The van der Waals surface area contributed by atoms with Gasteiger partial charge in [0.25, 0.3) is 0 Å². The molecule has 410 valence electrons. The van der Waals surface area contributed by atoms with E-state index in [4.69, 9.17) is 9.47 Å². The van der Waals surface area contributed by atoms with Crippen molar-refractivity contribution in [2.45, 2.75) is 341 Å². The Morgan fingerprint density at radius 3 is 0.929 bits per heavy atom. The third-order valence-electron chi connectivity index (χ3n) is 14.1. The molecule has 0 aromatic heterocycles. The van der Waals surface area contributed by atoms with Gasteiger partial charge in [-0.25, -0.2) is 0 Å². The summed E-state index contributed by atoms with van der Waals surface area (Å²) in [6, 6.07) is 0. The predicted molar refractivity (Wildman–Crippen MR) is 307 cm³/mol. The van der Waals surface area contributed by atoms with E-state index < -0.39 is 6.10 Å². The van der Waals surface area contributed by atoms with Crippen LogP contribution in [-0.4, -0.2) is 36.4 Å². The van der Waals surface area contributed by atoms with Gasteiger partial charge in [-0.1, -0.05) is 319 Å². The maximum absolute atomic E-state index is 12.3. The zero-order valence-electron chi connectivity index (χ0n) is 47.0. The Bertz CT molecular complexity index is 1150. The lowest BCUT2D eigenvalue weighted by Crippen LogP contribution is -2.28. The number of unbranched alkanes of at least 4 members (excludes halogenated alkanes) is 42. The summed E-state index contributed by atoms with van der Waals surface area (Å²) in [5, 5.41) is 9.67. The minimum absolute atomic E-state index is 0.0595. The number of rotatable bonds is 58. The molecular weight excluding hydrogens is 861 g/mol. The van der Waals surface area contributed by atoms with Crippen LogP contribution >= 0.6 is 0 Å². The smallest absolute Gasteiger partial charge is 0.306 e. The Hall–Kier alpha value is -2.14. The van der Waals surface area contributed by atoms with Crippen molar-refractivity contribution in [1.29, 1.82) is 0 Å². The predicted octanol–water partition coefficient (Wildman–Crippen LogP) is 21.2. The van der Waals surface area contributed by atoms with E-state index in [-0.39, 0.29) is 25.2 Å². The van der Waals surface area contributed by atoms with E-state index in [1.54, 1.807) is 0 Å². The number of ether oxygens (including phenoxy) is 2. The van der Waals surface area contributed by atoms with Gasteiger partial charge in [0.05, 0.1) is 6.61 Å². The normalized spacial score (nSPS) is 12.4. The van der Waals surface area contributed by atoms with Gasteiger partial charge < -0.3 is 14.6 Å². The highest BCUT2D eigenvalue weighted by atomic mass is 16.6. The maximum Gasteiger partial charge on any atom is 0.306 e. The van der Waals surface area contributed by atoms with Crippen molar-refractivity contribution in [2.75, 3.05) is 13.2 Å². The molecule has 1 N–H and O–H groups in total. The lowest BCUT2D eigenvalue weighted by molar-refractivity contribution is -0.161. The first-order valence-electron chi connectivity index (χ1n) is 31.2. The number of carbonyl (C=O) groups excluding carboxylic acids is 2. The first-order chi connectivity index (χ1) is 34.6. The van der Waals surface area contributed by atoms with Crippen molar-refractivity contribution < 1.29 is 24.2 Å². The van der Waals surface area contributed by atoms with Crippen LogP contribution in [0.4, 0.5) is 0 Å². The minimum Gasteiger partial charge on any atom is -0.462 e. The standard InChI is InChI=1S/C65H120O5/c1-3-5-7-9-11-13-15-17-19-21-23-25-27-28-29-30-31-32-33-34-35-36-38-40-42-44-46-48-50-52-54-56-58-60-65(68)70-63(61-66)62-69-64(67)59-57-55-53-51-49-47-45-43-41-39-37-26-24-22-20-18-16-14-12-10-8-6-4-2/h5,7,11,13,17,19,23,25,63,66H,3-4,6,8-10,12,14-16,18,20-22,24,26-62H2,1-2H3/b7-5-,13-11-,19-17-,25-23-. The van der Waals surface area contributed by atoms with Crippen molar-refractivity contribution >= 4 is 11.9 Å². The van der Waals surface area contributed by atoms with Gasteiger partial charge in [0.15, 0.2) is 6.10 Å². The average molecular weight is 982 g/mol. The van der Waals surface area contributed by atoms with Gasteiger partial charge in [-0.3, -0.25) is 9.59 Å². The fourth-order valence-corrected chi connectivity index (χ4v) is 9.49. The van der Waals surface area contributed by atoms with E-state index in [1.165, 1.54) is 250 Å². The second-order valence-corrected chi connectivity index (χ2v) is 21.1. The molecule has 0 aliphatic rings. The summed E-state index contributed by atoms with van der Waals surface area (Å²) in [7, 11) is 0. The van der Waals surface area contributed by atoms with E-state index >= 15 is 0 Å². The molecule has 0 bridgehead atoms. The van der Waals surface area contributed by atoms with E-state index in [0.717, 1.165) is 57.8 Å². The minimum atomic E-state index is -0.769. The van der Waals surface area contributed by atoms with Gasteiger partial charge in [0.2, 0.25) is 0 Å². The van der Waals surface area contributed by atoms with Crippen LogP contribution in [0.15, 0.2) is 48.6 Å². The van der Waals surface area contributed by atoms with Gasteiger partial charge in [-0.2, -0.15) is 0 Å². The number of hydrogen-bond donors (Lipinski definition) is 1. The van der Waals surface area contributed by atoms with Crippen LogP contribution in [0.2, 0.25) is 0 Å². The molecule has 0 aliphatic heterocycles. The van der Waals surface area contributed by atoms with Crippen LogP contribution in [0.3, 0.4) is 0 Å². The van der Waals surface area contributed by atoms with Gasteiger partial charge in [0.1, 0.15) is 6.61 Å². The largest absolute Gasteiger partial charge is 0.462 e. The second-order valence-electron chi connectivity index (χ2n) is 21.1. The molecule has 5 heteroatoms. The summed E-state index contributed by atoms with van der Waals surface area (Å²) in [4.78, 5) is 24.6. The van der Waals surface area contributed by atoms with Gasteiger partial charge >= 0.3 is 11.9 Å². The highest BCUT2D eigenvalue weighted by Gasteiger charge is 2.16.